The van der Waals surface area contributed by atoms with Gasteiger partial charge in [-0.2, -0.15) is 10.4 Å². The minimum Gasteiger partial charge on any atom is -0.338 e. The maximum Gasteiger partial charge on any atom is 0.264 e. The number of aromatic nitrogens is 2. The van der Waals surface area contributed by atoms with E-state index in [2.05, 4.69) is 5.10 Å². The average Bonchev–Trinajstić information content (AvgIpc) is 3.23. The Hall–Kier alpha value is -2.29. The number of nitriles is 1. The molecule has 7 heteroatoms. The predicted molar refractivity (Wildman–Crippen MR) is 97.7 cm³/mol. The molecule has 25 heavy (non-hydrogen) atoms. The molecule has 0 unspecified atom stereocenters. The highest BCUT2D eigenvalue weighted by Gasteiger charge is 2.23. The molecular weight excluding hydrogens is 359 g/mol. The molecule has 0 N–H and O–H groups in total. The van der Waals surface area contributed by atoms with Crippen molar-refractivity contribution in [2.45, 2.75) is 19.8 Å². The molecule has 0 spiro atoms. The van der Waals surface area contributed by atoms with Gasteiger partial charge in [-0.15, -0.1) is 0 Å². The smallest absolute Gasteiger partial charge is 0.264 e. The van der Waals surface area contributed by atoms with Crippen molar-refractivity contribution in [3.63, 3.8) is 0 Å². The van der Waals surface area contributed by atoms with E-state index in [-0.39, 0.29) is 11.5 Å². The summed E-state index contributed by atoms with van der Waals surface area (Å²) in [4.78, 5) is 14.2. The molecule has 1 saturated heterocycles. The van der Waals surface area contributed by atoms with Gasteiger partial charge in [-0.1, -0.05) is 35.3 Å². The molecule has 1 aliphatic rings. The number of rotatable bonds is 3. The minimum absolute atomic E-state index is 0.0607. The number of amides is 1. The third kappa shape index (κ3) is 3.41. The molecule has 1 fully saturated rings. The van der Waals surface area contributed by atoms with Crippen LogP contribution in [0.1, 0.15) is 24.1 Å². The van der Waals surface area contributed by atoms with Crippen LogP contribution in [-0.4, -0.2) is 33.7 Å². The molecule has 0 aliphatic carbocycles. The number of aryl methyl sites for hydroxylation is 1. The summed E-state index contributed by atoms with van der Waals surface area (Å²) >= 11 is 12.7. The molecule has 1 aliphatic heterocycles. The summed E-state index contributed by atoms with van der Waals surface area (Å²) in [5, 5.41) is 14.6. The lowest BCUT2D eigenvalue weighted by Gasteiger charge is -2.14. The number of para-hydroxylation sites is 1. The van der Waals surface area contributed by atoms with Crippen LogP contribution >= 0.6 is 23.2 Å². The van der Waals surface area contributed by atoms with Crippen molar-refractivity contribution in [2.24, 2.45) is 0 Å². The first-order valence-electron chi connectivity index (χ1n) is 7.94. The fourth-order valence-corrected chi connectivity index (χ4v) is 3.37. The van der Waals surface area contributed by atoms with Crippen LogP contribution < -0.4 is 0 Å². The Kier molecular flexibility index (Phi) is 5.12. The third-order valence-electron chi connectivity index (χ3n) is 4.16. The number of benzene rings is 1. The third-order valence-corrected chi connectivity index (χ3v) is 4.84. The molecule has 0 saturated carbocycles. The highest BCUT2D eigenvalue weighted by Crippen LogP contribution is 2.29. The zero-order valence-corrected chi connectivity index (χ0v) is 15.2. The van der Waals surface area contributed by atoms with E-state index in [0.29, 0.717) is 40.2 Å². The van der Waals surface area contributed by atoms with Gasteiger partial charge in [0.25, 0.3) is 5.91 Å². The second kappa shape index (κ2) is 7.30. The highest BCUT2D eigenvalue weighted by atomic mass is 35.5. The van der Waals surface area contributed by atoms with E-state index < -0.39 is 0 Å². The van der Waals surface area contributed by atoms with E-state index in [9.17, 15) is 10.1 Å². The summed E-state index contributed by atoms with van der Waals surface area (Å²) < 4.78 is 1.51. The summed E-state index contributed by atoms with van der Waals surface area (Å²) in [6.07, 6.45) is 3.45. The van der Waals surface area contributed by atoms with Gasteiger partial charge in [-0.3, -0.25) is 4.79 Å². The molecule has 1 aromatic heterocycles. The number of hydrogen-bond donors (Lipinski definition) is 0. The van der Waals surface area contributed by atoms with Gasteiger partial charge in [0, 0.05) is 18.7 Å². The topological polar surface area (TPSA) is 61.9 Å². The maximum absolute atomic E-state index is 12.5. The first kappa shape index (κ1) is 17.5. The highest BCUT2D eigenvalue weighted by molar-refractivity contribution is 6.33. The number of carbonyl (C=O) groups excluding carboxylic acids is 1. The Labute approximate surface area is 156 Å². The maximum atomic E-state index is 12.5. The van der Waals surface area contributed by atoms with Crippen molar-refractivity contribution in [3.8, 4) is 11.8 Å². The SMILES string of the molecule is Cc1nn(-c2ccccc2Cl)c(Cl)c1/C=C(\C#N)C(=O)N1CCCC1. The number of hydrogen-bond acceptors (Lipinski definition) is 3. The molecule has 5 nitrogen and oxygen atoms in total. The summed E-state index contributed by atoms with van der Waals surface area (Å²) in [6, 6.07) is 9.19. The van der Waals surface area contributed by atoms with Crippen molar-refractivity contribution in [3.05, 3.63) is 51.3 Å². The number of carbonyl (C=O) groups is 1. The minimum atomic E-state index is -0.263. The summed E-state index contributed by atoms with van der Waals surface area (Å²) in [5.41, 5.74) is 1.87. The van der Waals surface area contributed by atoms with Gasteiger partial charge in [0.15, 0.2) is 0 Å². The second-order valence-corrected chi connectivity index (χ2v) is 6.59. The fourth-order valence-electron chi connectivity index (χ4n) is 2.83. The predicted octanol–water partition coefficient (Wildman–Crippen LogP) is 4.02. The van der Waals surface area contributed by atoms with Crippen LogP contribution in [0.15, 0.2) is 29.8 Å². The summed E-state index contributed by atoms with van der Waals surface area (Å²) in [6.45, 7) is 3.15. The fraction of sp³-hybridized carbons (Fsp3) is 0.278. The van der Waals surface area contributed by atoms with Crippen LogP contribution in [0.3, 0.4) is 0 Å². The number of halogens is 2. The Balaban J connectivity index is 2.01. The summed E-state index contributed by atoms with van der Waals surface area (Å²) in [7, 11) is 0. The lowest BCUT2D eigenvalue weighted by molar-refractivity contribution is -0.125. The van der Waals surface area contributed by atoms with Crippen molar-refractivity contribution in [1.29, 1.82) is 5.26 Å². The van der Waals surface area contributed by atoms with Gasteiger partial charge in [0.1, 0.15) is 16.8 Å². The van der Waals surface area contributed by atoms with Crippen molar-refractivity contribution in [1.82, 2.24) is 14.7 Å². The molecule has 3 rings (SSSR count). The quantitative estimate of drug-likeness (QED) is 0.601. The van der Waals surface area contributed by atoms with E-state index in [1.165, 1.54) is 10.8 Å². The number of likely N-dealkylation sites (tertiary alicyclic amines) is 1. The largest absolute Gasteiger partial charge is 0.338 e. The van der Waals surface area contributed by atoms with Crippen LogP contribution in [0.25, 0.3) is 11.8 Å². The second-order valence-electron chi connectivity index (χ2n) is 5.82. The van der Waals surface area contributed by atoms with Crippen LogP contribution in [0.2, 0.25) is 10.2 Å². The zero-order valence-electron chi connectivity index (χ0n) is 13.7. The Bertz CT molecular complexity index is 889. The standard InChI is InChI=1S/C18H16Cl2N4O/c1-12-14(10-13(11-21)18(25)23-8-4-5-9-23)17(20)24(22-12)16-7-3-2-6-15(16)19/h2-3,6-7,10H,4-5,8-9H2,1H3/b13-10+. The molecule has 1 amide bonds. The first-order valence-corrected chi connectivity index (χ1v) is 8.69. The van der Waals surface area contributed by atoms with Gasteiger partial charge in [0.05, 0.1) is 16.4 Å². The number of nitrogens with zero attached hydrogens (tertiary/aromatic N) is 4. The molecule has 2 heterocycles. The van der Waals surface area contributed by atoms with Crippen molar-refractivity contribution < 1.29 is 4.79 Å². The van der Waals surface area contributed by atoms with Gasteiger partial charge in [-0.05, 0) is 38.0 Å². The Morgan fingerprint density at radius 1 is 1.28 bits per heavy atom. The summed E-state index contributed by atoms with van der Waals surface area (Å²) in [5.74, 6) is -0.263. The van der Waals surface area contributed by atoms with E-state index in [0.717, 1.165) is 12.8 Å². The lowest BCUT2D eigenvalue weighted by Crippen LogP contribution is -2.28. The van der Waals surface area contributed by atoms with E-state index in [1.807, 2.05) is 18.2 Å². The Morgan fingerprint density at radius 3 is 2.60 bits per heavy atom. The average molecular weight is 375 g/mol. The van der Waals surface area contributed by atoms with Crippen LogP contribution in [0.4, 0.5) is 0 Å². The van der Waals surface area contributed by atoms with E-state index >= 15 is 0 Å². The van der Waals surface area contributed by atoms with Crippen LogP contribution in [-0.2, 0) is 4.79 Å². The monoisotopic (exact) mass is 374 g/mol. The Morgan fingerprint density at radius 2 is 1.96 bits per heavy atom. The molecular formula is C18H16Cl2N4O. The molecule has 0 bridgehead atoms. The molecule has 0 atom stereocenters. The van der Waals surface area contributed by atoms with Crippen LogP contribution in [0, 0.1) is 18.3 Å². The zero-order chi connectivity index (χ0) is 18.0. The lowest BCUT2D eigenvalue weighted by atomic mass is 10.1. The molecule has 0 radical (unpaired) electrons. The molecule has 2 aromatic rings. The van der Waals surface area contributed by atoms with Gasteiger partial charge < -0.3 is 4.90 Å². The van der Waals surface area contributed by atoms with Crippen LogP contribution in [0.5, 0.6) is 0 Å². The molecule has 128 valence electrons. The van der Waals surface area contributed by atoms with Gasteiger partial charge >= 0.3 is 0 Å². The van der Waals surface area contributed by atoms with Gasteiger partial charge in [-0.25, -0.2) is 4.68 Å². The van der Waals surface area contributed by atoms with Gasteiger partial charge in [0.2, 0.25) is 0 Å². The van der Waals surface area contributed by atoms with E-state index in [4.69, 9.17) is 23.2 Å². The normalized spacial score (nSPS) is 14.6. The van der Waals surface area contributed by atoms with Crippen molar-refractivity contribution in [2.75, 3.05) is 13.1 Å². The molecule has 1 aromatic carbocycles. The first-order chi connectivity index (χ1) is 12.0. The van der Waals surface area contributed by atoms with E-state index in [1.54, 1.807) is 24.0 Å². The van der Waals surface area contributed by atoms with Crippen molar-refractivity contribution >= 4 is 35.2 Å².